The molecule has 6 atom stereocenters. The van der Waals surface area contributed by atoms with Gasteiger partial charge in [0.25, 0.3) is 0 Å². The highest BCUT2D eigenvalue weighted by atomic mass is 16.4. The number of primary amides is 1. The topological polar surface area (TPSA) is 301 Å². The molecular weight excluding hydrogens is 622 g/mol. The van der Waals surface area contributed by atoms with Crippen LogP contribution in [0.4, 0.5) is 0 Å². The van der Waals surface area contributed by atoms with Gasteiger partial charge in [-0.25, -0.2) is 4.79 Å². The number of carboxylic acid groups (broad SMARTS) is 2. The number of hydrogen-bond acceptors (Lipinski definition) is 10. The molecule has 18 nitrogen and oxygen atoms in total. The molecule has 0 spiro atoms. The maximum Gasteiger partial charge on any atom is 0.326 e. The fraction of sp³-hybridized carbons (Fsp3) is 0.517. The molecule has 6 amide bonds. The number of rotatable bonds is 17. The van der Waals surface area contributed by atoms with Crippen LogP contribution in [-0.4, -0.2) is 110 Å². The third kappa shape index (κ3) is 11.9. The molecule has 0 unspecified atom stereocenters. The summed E-state index contributed by atoms with van der Waals surface area (Å²) >= 11 is 0. The molecule has 1 aromatic carbocycles. The van der Waals surface area contributed by atoms with Crippen molar-refractivity contribution in [3.8, 4) is 5.75 Å². The van der Waals surface area contributed by atoms with Gasteiger partial charge >= 0.3 is 11.9 Å². The number of carbonyl (C=O) groups excluding carboxylic acids is 6. The third-order valence-electron chi connectivity index (χ3n) is 7.30. The highest BCUT2D eigenvalue weighted by Gasteiger charge is 2.39. The van der Waals surface area contributed by atoms with Crippen molar-refractivity contribution in [2.45, 2.75) is 88.6 Å². The second-order valence-electron chi connectivity index (χ2n) is 11.2. The van der Waals surface area contributed by atoms with Gasteiger partial charge in [-0.1, -0.05) is 12.1 Å². The highest BCUT2D eigenvalue weighted by Crippen LogP contribution is 2.20. The highest BCUT2D eigenvalue weighted by molar-refractivity contribution is 5.97. The Kier molecular flexibility index (Phi) is 14.1. The van der Waals surface area contributed by atoms with Gasteiger partial charge in [0.05, 0.1) is 12.5 Å². The molecule has 1 fully saturated rings. The Morgan fingerprint density at radius 1 is 0.872 bits per heavy atom. The first-order valence-electron chi connectivity index (χ1n) is 14.8. The fourth-order valence-electron chi connectivity index (χ4n) is 4.75. The average molecular weight is 664 g/mol. The quantitative estimate of drug-likeness (QED) is 0.0809. The zero-order valence-electron chi connectivity index (χ0n) is 25.9. The van der Waals surface area contributed by atoms with Crippen molar-refractivity contribution in [1.29, 1.82) is 0 Å². The van der Waals surface area contributed by atoms with Gasteiger partial charge in [0.2, 0.25) is 35.4 Å². The third-order valence-corrected chi connectivity index (χ3v) is 7.30. The van der Waals surface area contributed by atoms with Crippen LogP contribution < -0.4 is 32.7 Å². The van der Waals surface area contributed by atoms with Gasteiger partial charge in [-0.05, 0) is 50.8 Å². The van der Waals surface area contributed by atoms with Crippen LogP contribution >= 0.6 is 0 Å². The van der Waals surface area contributed by atoms with Gasteiger partial charge in [-0.15, -0.1) is 0 Å². The predicted octanol–water partition coefficient (Wildman–Crippen LogP) is -2.94. The molecular formula is C29H41N7O11. The summed E-state index contributed by atoms with van der Waals surface area (Å²) in [6.45, 7) is 2.70. The lowest BCUT2D eigenvalue weighted by atomic mass is 10.1. The maximum atomic E-state index is 13.4. The summed E-state index contributed by atoms with van der Waals surface area (Å²) in [6, 6.07) is -2.20. The van der Waals surface area contributed by atoms with Crippen LogP contribution in [0.15, 0.2) is 24.3 Å². The van der Waals surface area contributed by atoms with Crippen molar-refractivity contribution in [3.05, 3.63) is 29.8 Å². The molecule has 0 radical (unpaired) electrons. The second-order valence-corrected chi connectivity index (χ2v) is 11.2. The monoisotopic (exact) mass is 663 g/mol. The van der Waals surface area contributed by atoms with Crippen molar-refractivity contribution < 1.29 is 53.7 Å². The van der Waals surface area contributed by atoms with Crippen LogP contribution in [-0.2, 0) is 44.8 Å². The summed E-state index contributed by atoms with van der Waals surface area (Å²) in [5.41, 5.74) is 11.3. The number of aliphatic carboxylic acids is 2. The Labute approximate surface area is 269 Å². The minimum Gasteiger partial charge on any atom is -0.508 e. The molecule has 258 valence electrons. The van der Waals surface area contributed by atoms with Crippen LogP contribution in [0, 0.1) is 0 Å². The fourth-order valence-corrected chi connectivity index (χ4v) is 4.75. The number of phenols is 1. The van der Waals surface area contributed by atoms with Gasteiger partial charge in [-0.2, -0.15) is 0 Å². The van der Waals surface area contributed by atoms with E-state index in [9.17, 15) is 53.7 Å². The lowest BCUT2D eigenvalue weighted by Gasteiger charge is -2.30. The molecule has 0 aliphatic carbocycles. The molecule has 1 saturated heterocycles. The largest absolute Gasteiger partial charge is 0.508 e. The molecule has 1 aliphatic rings. The zero-order chi connectivity index (χ0) is 35.4. The zero-order valence-corrected chi connectivity index (χ0v) is 25.9. The number of hydrogen-bond donors (Lipinski definition) is 9. The minimum absolute atomic E-state index is 0.0358. The molecule has 1 aliphatic heterocycles. The van der Waals surface area contributed by atoms with E-state index in [-0.39, 0.29) is 38.0 Å². The first-order chi connectivity index (χ1) is 22.0. The smallest absolute Gasteiger partial charge is 0.326 e. The van der Waals surface area contributed by atoms with Crippen LogP contribution in [0.25, 0.3) is 0 Å². The Morgan fingerprint density at radius 2 is 1.49 bits per heavy atom. The summed E-state index contributed by atoms with van der Waals surface area (Å²) in [7, 11) is 0. The van der Waals surface area contributed by atoms with Crippen LogP contribution in [0.2, 0.25) is 0 Å². The lowest BCUT2D eigenvalue weighted by Crippen LogP contribution is -2.59. The number of benzene rings is 1. The van der Waals surface area contributed by atoms with Gasteiger partial charge in [0, 0.05) is 19.4 Å². The van der Waals surface area contributed by atoms with E-state index in [4.69, 9.17) is 11.5 Å². The van der Waals surface area contributed by atoms with E-state index >= 15 is 0 Å². The van der Waals surface area contributed by atoms with Crippen molar-refractivity contribution in [2.24, 2.45) is 11.5 Å². The number of likely N-dealkylation sites (tertiary alicyclic amines) is 1. The molecule has 1 heterocycles. The predicted molar refractivity (Wildman–Crippen MR) is 162 cm³/mol. The van der Waals surface area contributed by atoms with Crippen LogP contribution in [0.5, 0.6) is 5.75 Å². The van der Waals surface area contributed by atoms with Gasteiger partial charge in [-0.3, -0.25) is 33.6 Å². The number of aromatic hydroxyl groups is 1. The summed E-state index contributed by atoms with van der Waals surface area (Å²) in [5, 5.41) is 37.7. The number of nitrogens with two attached hydrogens (primary N) is 2. The van der Waals surface area contributed by atoms with Crippen molar-refractivity contribution in [1.82, 2.24) is 26.2 Å². The van der Waals surface area contributed by atoms with Gasteiger partial charge in [0.15, 0.2) is 0 Å². The normalized spacial score (nSPS) is 17.3. The van der Waals surface area contributed by atoms with E-state index in [2.05, 4.69) is 21.3 Å². The number of phenolic OH excluding ortho intramolecular Hbond substituents is 1. The summed E-state index contributed by atoms with van der Waals surface area (Å²) < 4.78 is 0. The van der Waals surface area contributed by atoms with E-state index in [1.165, 1.54) is 38.1 Å². The Balaban J connectivity index is 2.12. The molecule has 2 rings (SSSR count). The number of nitrogens with zero attached hydrogens (tertiary/aromatic N) is 1. The minimum atomic E-state index is -1.69. The average Bonchev–Trinajstić information content (AvgIpc) is 3.49. The molecule has 0 aromatic heterocycles. The van der Waals surface area contributed by atoms with Gasteiger partial charge in [0.1, 0.15) is 36.0 Å². The second kappa shape index (κ2) is 17.4. The Hall–Kier alpha value is -5.26. The number of nitrogens with one attached hydrogen (secondary N) is 4. The van der Waals surface area contributed by atoms with Crippen LogP contribution in [0.3, 0.4) is 0 Å². The summed E-state index contributed by atoms with van der Waals surface area (Å²) in [5.74, 6) is -7.83. The van der Waals surface area contributed by atoms with E-state index in [0.29, 0.717) is 12.0 Å². The number of carboxylic acids is 2. The molecule has 1 aromatic rings. The van der Waals surface area contributed by atoms with Crippen molar-refractivity contribution >= 4 is 47.4 Å². The molecule has 47 heavy (non-hydrogen) atoms. The Bertz CT molecular complexity index is 1350. The molecule has 11 N–H and O–H groups in total. The number of carbonyl (C=O) groups is 8. The first-order valence-corrected chi connectivity index (χ1v) is 14.8. The van der Waals surface area contributed by atoms with Gasteiger partial charge < -0.3 is 53.0 Å². The van der Waals surface area contributed by atoms with Crippen molar-refractivity contribution in [2.75, 3.05) is 6.54 Å². The summed E-state index contributed by atoms with van der Waals surface area (Å²) in [4.78, 5) is 101. The van der Waals surface area contributed by atoms with E-state index in [1.54, 1.807) is 0 Å². The van der Waals surface area contributed by atoms with E-state index < -0.39 is 90.1 Å². The lowest BCUT2D eigenvalue weighted by molar-refractivity contribution is -0.144. The standard InChI is InChI=1S/C29H41N7O11/c1-14(30)24(41)33-18(9-10-22(31)38)28(45)36-11-3-4-21(36)27(44)34-19(13-23(39)40)26(43)32-15(2)25(42)35-20(29(46)47)12-16-5-7-17(37)8-6-16/h5-8,14-15,18-21,37H,3-4,9-13,30H2,1-2H3,(H2,31,38)(H,32,43)(H,33,41)(H,34,44)(H,35,42)(H,39,40)(H,46,47)/t14-,15-,18-,19-,20-,21-/m0/s1. The molecule has 0 saturated carbocycles. The van der Waals surface area contributed by atoms with Crippen molar-refractivity contribution in [3.63, 3.8) is 0 Å². The summed E-state index contributed by atoms with van der Waals surface area (Å²) in [6.07, 6.45) is -0.962. The number of amides is 6. The molecule has 18 heteroatoms. The van der Waals surface area contributed by atoms with E-state index in [0.717, 1.165) is 4.90 Å². The first kappa shape index (κ1) is 37.9. The van der Waals surface area contributed by atoms with Crippen LogP contribution in [0.1, 0.15) is 51.5 Å². The maximum absolute atomic E-state index is 13.4. The van der Waals surface area contributed by atoms with E-state index in [1.807, 2.05) is 0 Å². The SMILES string of the molecule is C[C@H](N)C(=O)N[C@@H](CCC(N)=O)C(=O)N1CCC[C@H]1C(=O)N[C@@H](CC(=O)O)C(=O)N[C@@H](C)C(=O)N[C@@H](Cc1ccc(O)cc1)C(=O)O. The molecule has 0 bridgehead atoms. The Morgan fingerprint density at radius 3 is 2.04 bits per heavy atom.